The third-order valence-electron chi connectivity index (χ3n) is 2.41. The van der Waals surface area contributed by atoms with Crippen LogP contribution in [0.1, 0.15) is 11.1 Å². The monoisotopic (exact) mass is 209 g/mol. The van der Waals surface area contributed by atoms with Crippen LogP contribution >= 0.6 is 0 Å². The van der Waals surface area contributed by atoms with Crippen LogP contribution in [0.2, 0.25) is 0 Å². The van der Waals surface area contributed by atoms with E-state index >= 15 is 0 Å². The first kappa shape index (κ1) is 12.2. The van der Waals surface area contributed by atoms with Gasteiger partial charge in [0.25, 0.3) is 0 Å². The highest BCUT2D eigenvalue weighted by Crippen LogP contribution is 2.03. The van der Waals surface area contributed by atoms with Gasteiger partial charge in [0.15, 0.2) is 0 Å². The van der Waals surface area contributed by atoms with Gasteiger partial charge in [-0.25, -0.2) is 0 Å². The van der Waals surface area contributed by atoms with Crippen LogP contribution in [0.25, 0.3) is 0 Å². The smallest absolute Gasteiger partial charge is 0.0607 e. The molecule has 1 aromatic rings. The van der Waals surface area contributed by atoms with Crippen LogP contribution in [0.3, 0.4) is 0 Å². The zero-order valence-electron chi connectivity index (χ0n) is 9.11. The van der Waals surface area contributed by atoms with Gasteiger partial charge in [0, 0.05) is 0 Å². The topological polar surface area (TPSA) is 52.5 Å². The van der Waals surface area contributed by atoms with E-state index in [1.165, 1.54) is 11.1 Å². The molecule has 0 saturated heterocycles. The Balaban J connectivity index is 2.28. The van der Waals surface area contributed by atoms with E-state index in [-0.39, 0.29) is 19.3 Å². The number of aryl methyl sites for hydroxylation is 1. The summed E-state index contributed by atoms with van der Waals surface area (Å²) in [5.74, 6) is 0. The standard InChI is InChI=1S/C12H19NO2/c1-10-2-4-11(5-3-10)6-7-13-12(8-14)9-15/h2-5,12-15H,6-9H2,1H3. The summed E-state index contributed by atoms with van der Waals surface area (Å²) in [4.78, 5) is 0. The number of hydrogen-bond donors (Lipinski definition) is 3. The SMILES string of the molecule is Cc1ccc(CCNC(CO)CO)cc1. The minimum atomic E-state index is -0.199. The Labute approximate surface area is 90.8 Å². The molecule has 0 saturated carbocycles. The molecule has 0 aliphatic heterocycles. The molecular formula is C12H19NO2. The van der Waals surface area contributed by atoms with Crippen LogP contribution in [-0.4, -0.2) is 36.0 Å². The molecule has 1 aromatic carbocycles. The molecule has 1 rings (SSSR count). The highest BCUT2D eigenvalue weighted by atomic mass is 16.3. The van der Waals surface area contributed by atoms with Gasteiger partial charge in [-0.3, -0.25) is 0 Å². The number of aliphatic hydroxyl groups is 2. The lowest BCUT2D eigenvalue weighted by molar-refractivity contribution is 0.171. The van der Waals surface area contributed by atoms with Crippen molar-refractivity contribution in [3.63, 3.8) is 0 Å². The summed E-state index contributed by atoms with van der Waals surface area (Å²) in [5, 5.41) is 20.8. The van der Waals surface area contributed by atoms with E-state index in [4.69, 9.17) is 10.2 Å². The molecule has 0 spiro atoms. The van der Waals surface area contributed by atoms with Crippen molar-refractivity contribution in [3.8, 4) is 0 Å². The Morgan fingerprint density at radius 1 is 1.13 bits per heavy atom. The normalized spacial score (nSPS) is 10.9. The molecule has 0 fully saturated rings. The van der Waals surface area contributed by atoms with Crippen molar-refractivity contribution in [2.45, 2.75) is 19.4 Å². The third kappa shape index (κ3) is 4.42. The molecule has 0 aliphatic rings. The fourth-order valence-electron chi connectivity index (χ4n) is 1.36. The van der Waals surface area contributed by atoms with E-state index in [1.54, 1.807) is 0 Å². The Hall–Kier alpha value is -0.900. The lowest BCUT2D eigenvalue weighted by Gasteiger charge is -2.12. The van der Waals surface area contributed by atoms with Crippen LogP contribution in [-0.2, 0) is 6.42 Å². The zero-order chi connectivity index (χ0) is 11.1. The first-order valence-electron chi connectivity index (χ1n) is 5.27. The molecule has 0 atom stereocenters. The fraction of sp³-hybridized carbons (Fsp3) is 0.500. The Morgan fingerprint density at radius 2 is 1.73 bits per heavy atom. The zero-order valence-corrected chi connectivity index (χ0v) is 9.11. The predicted molar refractivity (Wildman–Crippen MR) is 60.8 cm³/mol. The van der Waals surface area contributed by atoms with E-state index in [0.717, 1.165) is 13.0 Å². The van der Waals surface area contributed by atoms with Crippen LogP contribution in [0.5, 0.6) is 0 Å². The van der Waals surface area contributed by atoms with Gasteiger partial charge in [0.1, 0.15) is 0 Å². The number of hydrogen-bond acceptors (Lipinski definition) is 3. The second kappa shape index (κ2) is 6.56. The summed E-state index contributed by atoms with van der Waals surface area (Å²) in [6.07, 6.45) is 0.913. The molecule has 3 N–H and O–H groups in total. The molecule has 0 amide bonds. The Morgan fingerprint density at radius 3 is 2.27 bits per heavy atom. The molecular weight excluding hydrogens is 190 g/mol. The van der Waals surface area contributed by atoms with E-state index in [2.05, 4.69) is 36.5 Å². The summed E-state index contributed by atoms with van der Waals surface area (Å²) in [7, 11) is 0. The lowest BCUT2D eigenvalue weighted by atomic mass is 10.1. The van der Waals surface area contributed by atoms with Gasteiger partial charge in [-0.05, 0) is 25.5 Å². The van der Waals surface area contributed by atoms with Crippen LogP contribution < -0.4 is 5.32 Å². The van der Waals surface area contributed by atoms with Crippen molar-refractivity contribution in [2.75, 3.05) is 19.8 Å². The summed E-state index contributed by atoms with van der Waals surface area (Å²) >= 11 is 0. The molecule has 15 heavy (non-hydrogen) atoms. The minimum absolute atomic E-state index is 0.0234. The maximum absolute atomic E-state index is 8.84. The predicted octanol–water partition coefficient (Wildman–Crippen LogP) is 0.480. The second-order valence-corrected chi connectivity index (χ2v) is 3.75. The van der Waals surface area contributed by atoms with Crippen molar-refractivity contribution in [1.82, 2.24) is 5.32 Å². The Bertz CT molecular complexity index is 267. The number of nitrogens with one attached hydrogen (secondary N) is 1. The van der Waals surface area contributed by atoms with Crippen LogP contribution in [0.15, 0.2) is 24.3 Å². The molecule has 0 aromatic heterocycles. The molecule has 84 valence electrons. The van der Waals surface area contributed by atoms with Gasteiger partial charge in [-0.15, -0.1) is 0 Å². The van der Waals surface area contributed by atoms with Gasteiger partial charge >= 0.3 is 0 Å². The lowest BCUT2D eigenvalue weighted by Crippen LogP contribution is -2.36. The van der Waals surface area contributed by atoms with Crippen molar-refractivity contribution in [3.05, 3.63) is 35.4 Å². The van der Waals surface area contributed by atoms with Crippen molar-refractivity contribution in [1.29, 1.82) is 0 Å². The molecule has 0 bridgehead atoms. The van der Waals surface area contributed by atoms with Crippen LogP contribution in [0, 0.1) is 6.92 Å². The van der Waals surface area contributed by atoms with E-state index in [1.807, 2.05) is 0 Å². The molecule has 0 heterocycles. The fourth-order valence-corrected chi connectivity index (χ4v) is 1.36. The number of benzene rings is 1. The van der Waals surface area contributed by atoms with E-state index < -0.39 is 0 Å². The quantitative estimate of drug-likeness (QED) is 0.639. The van der Waals surface area contributed by atoms with E-state index in [9.17, 15) is 0 Å². The average molecular weight is 209 g/mol. The molecule has 0 aliphatic carbocycles. The summed E-state index contributed by atoms with van der Waals surface area (Å²) < 4.78 is 0. The summed E-state index contributed by atoms with van der Waals surface area (Å²) in [6.45, 7) is 2.79. The summed E-state index contributed by atoms with van der Waals surface area (Å²) in [5.41, 5.74) is 2.53. The highest BCUT2D eigenvalue weighted by molar-refractivity contribution is 5.21. The minimum Gasteiger partial charge on any atom is -0.395 e. The van der Waals surface area contributed by atoms with Crippen molar-refractivity contribution < 1.29 is 10.2 Å². The average Bonchev–Trinajstić information content (AvgIpc) is 2.27. The van der Waals surface area contributed by atoms with Gasteiger partial charge < -0.3 is 15.5 Å². The van der Waals surface area contributed by atoms with Gasteiger partial charge in [-0.1, -0.05) is 29.8 Å². The molecule has 3 heteroatoms. The first-order valence-corrected chi connectivity index (χ1v) is 5.27. The largest absolute Gasteiger partial charge is 0.395 e. The van der Waals surface area contributed by atoms with Gasteiger partial charge in [0.2, 0.25) is 0 Å². The summed E-state index contributed by atoms with van der Waals surface area (Å²) in [6, 6.07) is 8.18. The van der Waals surface area contributed by atoms with Crippen molar-refractivity contribution in [2.24, 2.45) is 0 Å². The first-order chi connectivity index (χ1) is 7.26. The van der Waals surface area contributed by atoms with Crippen LogP contribution in [0.4, 0.5) is 0 Å². The number of rotatable bonds is 6. The van der Waals surface area contributed by atoms with Gasteiger partial charge in [-0.2, -0.15) is 0 Å². The maximum atomic E-state index is 8.84. The molecule has 0 radical (unpaired) electrons. The van der Waals surface area contributed by atoms with Crippen molar-refractivity contribution >= 4 is 0 Å². The van der Waals surface area contributed by atoms with Gasteiger partial charge in [0.05, 0.1) is 19.3 Å². The third-order valence-corrected chi connectivity index (χ3v) is 2.41. The number of aliphatic hydroxyl groups excluding tert-OH is 2. The highest BCUT2D eigenvalue weighted by Gasteiger charge is 2.03. The second-order valence-electron chi connectivity index (χ2n) is 3.75. The maximum Gasteiger partial charge on any atom is 0.0607 e. The molecule has 0 unspecified atom stereocenters. The Kier molecular flexibility index (Phi) is 5.32. The molecule has 3 nitrogen and oxygen atoms in total. The van der Waals surface area contributed by atoms with E-state index in [0.29, 0.717) is 0 Å².